The number of imide groups is 1. The highest BCUT2D eigenvalue weighted by Crippen LogP contribution is 2.21. The lowest BCUT2D eigenvalue weighted by Gasteiger charge is -2.31. The molecule has 2 heterocycles. The number of nitrogens with one attached hydrogen (secondary N) is 1. The molecule has 7 nitrogen and oxygen atoms in total. The Labute approximate surface area is 124 Å². The van der Waals surface area contributed by atoms with E-state index in [0.29, 0.717) is 0 Å². The average molecular weight is 293 g/mol. The van der Waals surface area contributed by atoms with Crippen molar-refractivity contribution in [1.29, 1.82) is 0 Å². The van der Waals surface area contributed by atoms with E-state index in [1.165, 1.54) is 6.42 Å². The van der Waals surface area contributed by atoms with Gasteiger partial charge in [0.05, 0.1) is 12.9 Å². The standard InChI is InChI=1S/C14H23N5O2/c15-14(21)17-13(20)10-18-7-3-12(4-8-18)2-1-6-19-9-5-16-11-19/h5,9,11-12H,1-4,6-8,10H2,(H3,15,17,20,21). The van der Waals surface area contributed by atoms with E-state index in [-0.39, 0.29) is 12.5 Å². The Morgan fingerprint density at radius 1 is 1.33 bits per heavy atom. The molecule has 116 valence electrons. The van der Waals surface area contributed by atoms with Crippen LogP contribution in [-0.2, 0) is 11.3 Å². The maximum absolute atomic E-state index is 11.4. The van der Waals surface area contributed by atoms with Gasteiger partial charge in [0.15, 0.2) is 0 Å². The summed E-state index contributed by atoms with van der Waals surface area (Å²) in [6, 6.07) is -0.783. The highest BCUT2D eigenvalue weighted by molar-refractivity contribution is 5.94. The fourth-order valence-corrected chi connectivity index (χ4v) is 2.79. The molecule has 1 saturated heterocycles. The minimum Gasteiger partial charge on any atom is -0.351 e. The van der Waals surface area contributed by atoms with Crippen molar-refractivity contribution in [2.75, 3.05) is 19.6 Å². The number of hydrogen-bond acceptors (Lipinski definition) is 4. The SMILES string of the molecule is NC(=O)NC(=O)CN1CCC(CCCn2ccnc2)CC1. The molecule has 0 radical (unpaired) electrons. The molecule has 0 aromatic carbocycles. The summed E-state index contributed by atoms with van der Waals surface area (Å²) < 4.78 is 2.10. The van der Waals surface area contributed by atoms with Crippen molar-refractivity contribution >= 4 is 11.9 Å². The maximum atomic E-state index is 11.4. The van der Waals surface area contributed by atoms with Crippen LogP contribution in [-0.4, -0.2) is 46.0 Å². The number of hydrogen-bond donors (Lipinski definition) is 2. The summed E-state index contributed by atoms with van der Waals surface area (Å²) in [4.78, 5) is 28.1. The van der Waals surface area contributed by atoms with Crippen LogP contribution in [0.3, 0.4) is 0 Å². The third kappa shape index (κ3) is 5.55. The number of carbonyl (C=O) groups is 2. The smallest absolute Gasteiger partial charge is 0.318 e. The molecule has 21 heavy (non-hydrogen) atoms. The summed E-state index contributed by atoms with van der Waals surface area (Å²) in [5, 5.41) is 2.10. The van der Waals surface area contributed by atoms with Crippen molar-refractivity contribution in [3.05, 3.63) is 18.7 Å². The van der Waals surface area contributed by atoms with Crippen LogP contribution in [0.25, 0.3) is 0 Å². The summed E-state index contributed by atoms with van der Waals surface area (Å²) in [6.45, 7) is 3.08. The first-order chi connectivity index (χ1) is 10.1. The molecule has 1 aromatic rings. The monoisotopic (exact) mass is 293 g/mol. The van der Waals surface area contributed by atoms with E-state index >= 15 is 0 Å². The van der Waals surface area contributed by atoms with Crippen LogP contribution >= 0.6 is 0 Å². The molecular formula is C14H23N5O2. The van der Waals surface area contributed by atoms with Crippen molar-refractivity contribution < 1.29 is 9.59 Å². The second-order valence-corrected chi connectivity index (χ2v) is 5.57. The van der Waals surface area contributed by atoms with Gasteiger partial charge in [-0.3, -0.25) is 15.0 Å². The van der Waals surface area contributed by atoms with E-state index in [0.717, 1.165) is 44.8 Å². The molecule has 0 unspecified atom stereocenters. The van der Waals surface area contributed by atoms with E-state index in [4.69, 9.17) is 5.73 Å². The van der Waals surface area contributed by atoms with E-state index in [1.54, 1.807) is 6.20 Å². The minimum atomic E-state index is -0.783. The fraction of sp³-hybridized carbons (Fsp3) is 0.643. The van der Waals surface area contributed by atoms with Crippen LogP contribution in [0.4, 0.5) is 4.79 Å². The summed E-state index contributed by atoms with van der Waals surface area (Å²) in [6.07, 6.45) is 10.2. The molecule has 0 atom stereocenters. The van der Waals surface area contributed by atoms with Crippen LogP contribution < -0.4 is 11.1 Å². The Bertz CT molecular complexity index is 452. The Kier molecular flexibility index (Phi) is 5.74. The number of likely N-dealkylation sites (tertiary alicyclic amines) is 1. The van der Waals surface area contributed by atoms with Gasteiger partial charge in [-0.1, -0.05) is 0 Å². The molecule has 0 bridgehead atoms. The van der Waals surface area contributed by atoms with Crippen LogP contribution in [0.1, 0.15) is 25.7 Å². The fourth-order valence-electron chi connectivity index (χ4n) is 2.79. The van der Waals surface area contributed by atoms with Crippen LogP contribution in [0.15, 0.2) is 18.7 Å². The lowest BCUT2D eigenvalue weighted by molar-refractivity contribution is -0.121. The zero-order valence-electron chi connectivity index (χ0n) is 12.2. The Morgan fingerprint density at radius 3 is 2.71 bits per heavy atom. The van der Waals surface area contributed by atoms with Gasteiger partial charge in [-0.05, 0) is 44.7 Å². The van der Waals surface area contributed by atoms with Gasteiger partial charge >= 0.3 is 6.03 Å². The third-order valence-electron chi connectivity index (χ3n) is 3.92. The second-order valence-electron chi connectivity index (χ2n) is 5.57. The lowest BCUT2D eigenvalue weighted by Crippen LogP contribution is -2.44. The van der Waals surface area contributed by atoms with Gasteiger partial charge in [0.2, 0.25) is 5.91 Å². The largest absolute Gasteiger partial charge is 0.351 e. The summed E-state index contributed by atoms with van der Waals surface area (Å²) in [5.41, 5.74) is 4.92. The first kappa shape index (κ1) is 15.5. The number of amides is 3. The molecular weight excluding hydrogens is 270 g/mol. The average Bonchev–Trinajstić information content (AvgIpc) is 2.93. The maximum Gasteiger partial charge on any atom is 0.318 e. The second kappa shape index (κ2) is 7.78. The van der Waals surface area contributed by atoms with E-state index in [1.807, 2.05) is 12.5 Å². The lowest BCUT2D eigenvalue weighted by atomic mass is 9.92. The van der Waals surface area contributed by atoms with Gasteiger partial charge in [-0.25, -0.2) is 9.78 Å². The molecule has 1 aromatic heterocycles. The number of carbonyl (C=O) groups excluding carboxylic acids is 2. The Hall–Kier alpha value is -1.89. The number of imidazole rings is 1. The normalized spacial score (nSPS) is 16.8. The van der Waals surface area contributed by atoms with Gasteiger partial charge in [0.25, 0.3) is 0 Å². The minimum absolute atomic E-state index is 0.255. The molecule has 0 spiro atoms. The number of rotatable bonds is 6. The van der Waals surface area contributed by atoms with Crippen LogP contribution in [0.5, 0.6) is 0 Å². The van der Waals surface area contributed by atoms with Gasteiger partial charge in [0.1, 0.15) is 0 Å². The summed E-state index contributed by atoms with van der Waals surface area (Å²) in [5.74, 6) is 0.407. The van der Waals surface area contributed by atoms with Gasteiger partial charge in [-0.2, -0.15) is 0 Å². The van der Waals surface area contributed by atoms with Crippen molar-refractivity contribution in [3.8, 4) is 0 Å². The number of aromatic nitrogens is 2. The zero-order valence-corrected chi connectivity index (χ0v) is 12.2. The number of nitrogens with zero attached hydrogens (tertiary/aromatic N) is 3. The topological polar surface area (TPSA) is 93.2 Å². The predicted molar refractivity (Wildman–Crippen MR) is 78.4 cm³/mol. The summed E-state index contributed by atoms with van der Waals surface area (Å²) >= 11 is 0. The van der Waals surface area contributed by atoms with Crippen molar-refractivity contribution in [3.63, 3.8) is 0 Å². The van der Waals surface area contributed by atoms with Gasteiger partial charge < -0.3 is 10.3 Å². The molecule has 3 amide bonds. The van der Waals surface area contributed by atoms with E-state index in [9.17, 15) is 9.59 Å². The highest BCUT2D eigenvalue weighted by atomic mass is 16.2. The molecule has 0 saturated carbocycles. The number of aryl methyl sites for hydroxylation is 1. The Balaban J connectivity index is 1.59. The molecule has 0 aliphatic carbocycles. The zero-order chi connectivity index (χ0) is 15.1. The van der Waals surface area contributed by atoms with Crippen LogP contribution in [0, 0.1) is 5.92 Å². The van der Waals surface area contributed by atoms with Crippen molar-refractivity contribution in [2.45, 2.75) is 32.2 Å². The highest BCUT2D eigenvalue weighted by Gasteiger charge is 2.20. The molecule has 2 rings (SSSR count). The van der Waals surface area contributed by atoms with Crippen LogP contribution in [0.2, 0.25) is 0 Å². The number of piperidine rings is 1. The van der Waals surface area contributed by atoms with Gasteiger partial charge in [-0.15, -0.1) is 0 Å². The first-order valence-electron chi connectivity index (χ1n) is 7.41. The number of nitrogens with two attached hydrogens (primary N) is 1. The van der Waals surface area contributed by atoms with Crippen molar-refractivity contribution in [2.24, 2.45) is 11.7 Å². The van der Waals surface area contributed by atoms with E-state index in [2.05, 4.69) is 19.8 Å². The quantitative estimate of drug-likeness (QED) is 0.802. The first-order valence-corrected chi connectivity index (χ1v) is 7.41. The number of primary amides is 1. The molecule has 3 N–H and O–H groups in total. The third-order valence-corrected chi connectivity index (χ3v) is 3.92. The van der Waals surface area contributed by atoms with Crippen molar-refractivity contribution in [1.82, 2.24) is 19.8 Å². The van der Waals surface area contributed by atoms with Gasteiger partial charge in [0, 0.05) is 18.9 Å². The van der Waals surface area contributed by atoms with E-state index < -0.39 is 6.03 Å². The molecule has 1 aliphatic heterocycles. The Morgan fingerprint density at radius 2 is 2.10 bits per heavy atom. The molecule has 7 heteroatoms. The predicted octanol–water partition coefficient (Wildman–Crippen LogP) is 0.570. The molecule has 1 fully saturated rings. The number of urea groups is 1. The summed E-state index contributed by atoms with van der Waals surface area (Å²) in [7, 11) is 0. The molecule has 1 aliphatic rings.